The molecule has 0 radical (unpaired) electrons. The highest BCUT2D eigenvalue weighted by Gasteiger charge is 2.25. The standard InChI is InChI=1S/C15H25N3O/c1-4-19-14-6-5-11-17-15(14)18(3)13-9-7-12(16-2)8-10-13/h5-6,11-13,16H,4,7-10H2,1-3H3. The molecule has 0 bridgehead atoms. The molecule has 4 heteroatoms. The maximum Gasteiger partial charge on any atom is 0.171 e. The van der Waals surface area contributed by atoms with Crippen molar-refractivity contribution in [3.63, 3.8) is 0 Å². The number of rotatable bonds is 5. The molecule has 1 aliphatic carbocycles. The number of nitrogens with one attached hydrogen (secondary N) is 1. The van der Waals surface area contributed by atoms with Gasteiger partial charge in [-0.25, -0.2) is 4.98 Å². The highest BCUT2D eigenvalue weighted by Crippen LogP contribution is 2.30. The van der Waals surface area contributed by atoms with Crippen molar-refractivity contribution < 1.29 is 4.74 Å². The molecular weight excluding hydrogens is 238 g/mol. The van der Waals surface area contributed by atoms with E-state index in [9.17, 15) is 0 Å². The zero-order chi connectivity index (χ0) is 13.7. The Morgan fingerprint density at radius 1 is 1.37 bits per heavy atom. The van der Waals surface area contributed by atoms with E-state index in [0.29, 0.717) is 18.7 Å². The van der Waals surface area contributed by atoms with E-state index >= 15 is 0 Å². The lowest BCUT2D eigenvalue weighted by Gasteiger charge is -2.35. The van der Waals surface area contributed by atoms with Gasteiger partial charge >= 0.3 is 0 Å². The fourth-order valence-corrected chi connectivity index (χ4v) is 2.84. The molecule has 19 heavy (non-hydrogen) atoms. The van der Waals surface area contributed by atoms with Crippen LogP contribution in [0.1, 0.15) is 32.6 Å². The fourth-order valence-electron chi connectivity index (χ4n) is 2.84. The van der Waals surface area contributed by atoms with E-state index in [4.69, 9.17) is 4.74 Å². The Kier molecular flexibility index (Phi) is 5.02. The lowest BCUT2D eigenvalue weighted by atomic mass is 9.90. The van der Waals surface area contributed by atoms with Crippen LogP contribution in [0.5, 0.6) is 5.75 Å². The molecule has 1 aromatic rings. The van der Waals surface area contributed by atoms with Crippen molar-refractivity contribution in [1.82, 2.24) is 10.3 Å². The van der Waals surface area contributed by atoms with Gasteiger partial charge in [0.15, 0.2) is 11.6 Å². The summed E-state index contributed by atoms with van der Waals surface area (Å²) in [5, 5.41) is 3.38. The highest BCUT2D eigenvalue weighted by molar-refractivity contribution is 5.52. The normalized spacial score (nSPS) is 23.1. The third-order valence-corrected chi connectivity index (χ3v) is 4.04. The summed E-state index contributed by atoms with van der Waals surface area (Å²) in [6.45, 7) is 2.69. The van der Waals surface area contributed by atoms with Gasteiger partial charge in [0.05, 0.1) is 6.61 Å². The zero-order valence-corrected chi connectivity index (χ0v) is 12.2. The first-order chi connectivity index (χ1) is 9.26. The predicted molar refractivity (Wildman–Crippen MR) is 78.9 cm³/mol. The number of aromatic nitrogens is 1. The van der Waals surface area contributed by atoms with Crippen LogP contribution in [-0.2, 0) is 0 Å². The van der Waals surface area contributed by atoms with Crippen molar-refractivity contribution in [2.75, 3.05) is 25.6 Å². The molecule has 0 aromatic carbocycles. The first-order valence-electron chi connectivity index (χ1n) is 7.24. The van der Waals surface area contributed by atoms with Crippen LogP contribution in [0.2, 0.25) is 0 Å². The summed E-state index contributed by atoms with van der Waals surface area (Å²) < 4.78 is 5.67. The summed E-state index contributed by atoms with van der Waals surface area (Å²) >= 11 is 0. The monoisotopic (exact) mass is 263 g/mol. The van der Waals surface area contributed by atoms with Crippen LogP contribution < -0.4 is 15.0 Å². The molecule has 0 amide bonds. The summed E-state index contributed by atoms with van der Waals surface area (Å²) in [4.78, 5) is 6.79. The average molecular weight is 263 g/mol. The molecule has 0 saturated heterocycles. The maximum atomic E-state index is 5.67. The Labute approximate surface area is 116 Å². The molecule has 0 unspecified atom stereocenters. The van der Waals surface area contributed by atoms with Gasteiger partial charge < -0.3 is 15.0 Å². The van der Waals surface area contributed by atoms with E-state index in [-0.39, 0.29) is 0 Å². The van der Waals surface area contributed by atoms with E-state index in [2.05, 4.69) is 29.3 Å². The molecule has 1 aliphatic rings. The molecule has 1 N–H and O–H groups in total. The van der Waals surface area contributed by atoms with Crippen LogP contribution >= 0.6 is 0 Å². The van der Waals surface area contributed by atoms with Crippen LogP contribution in [0.3, 0.4) is 0 Å². The van der Waals surface area contributed by atoms with Gasteiger partial charge in [-0.1, -0.05) is 0 Å². The summed E-state index contributed by atoms with van der Waals surface area (Å²) in [6, 6.07) is 5.18. The molecule has 1 saturated carbocycles. The van der Waals surface area contributed by atoms with Gasteiger partial charge in [-0.2, -0.15) is 0 Å². The van der Waals surface area contributed by atoms with Crippen molar-refractivity contribution in [1.29, 1.82) is 0 Å². The van der Waals surface area contributed by atoms with E-state index in [0.717, 1.165) is 11.6 Å². The molecule has 1 aromatic heterocycles. The number of anilines is 1. The number of pyridine rings is 1. The van der Waals surface area contributed by atoms with Gasteiger partial charge in [0.1, 0.15) is 0 Å². The lowest BCUT2D eigenvalue weighted by molar-refractivity contribution is 0.329. The van der Waals surface area contributed by atoms with Crippen LogP contribution in [-0.4, -0.2) is 37.8 Å². The number of hydrogen-bond acceptors (Lipinski definition) is 4. The molecule has 1 fully saturated rings. The molecule has 4 nitrogen and oxygen atoms in total. The van der Waals surface area contributed by atoms with Crippen LogP contribution in [0, 0.1) is 0 Å². The molecular formula is C15H25N3O. The minimum atomic E-state index is 0.568. The van der Waals surface area contributed by atoms with Crippen molar-refractivity contribution in [3.8, 4) is 5.75 Å². The van der Waals surface area contributed by atoms with Crippen LogP contribution in [0.15, 0.2) is 18.3 Å². The van der Waals surface area contributed by atoms with Crippen molar-refractivity contribution in [2.45, 2.75) is 44.7 Å². The maximum absolute atomic E-state index is 5.67. The quantitative estimate of drug-likeness (QED) is 0.885. The van der Waals surface area contributed by atoms with Crippen molar-refractivity contribution >= 4 is 5.82 Å². The Morgan fingerprint density at radius 2 is 2.11 bits per heavy atom. The predicted octanol–water partition coefficient (Wildman–Crippen LogP) is 2.45. The molecule has 0 aliphatic heterocycles. The van der Waals surface area contributed by atoms with Gasteiger partial charge in [-0.15, -0.1) is 0 Å². The smallest absolute Gasteiger partial charge is 0.171 e. The number of nitrogens with zero attached hydrogens (tertiary/aromatic N) is 2. The summed E-state index contributed by atoms with van der Waals surface area (Å²) in [6.07, 6.45) is 6.74. The largest absolute Gasteiger partial charge is 0.490 e. The minimum Gasteiger partial charge on any atom is -0.490 e. The van der Waals surface area contributed by atoms with Gasteiger partial charge in [0.2, 0.25) is 0 Å². The third kappa shape index (κ3) is 3.38. The van der Waals surface area contributed by atoms with Crippen LogP contribution in [0.25, 0.3) is 0 Å². The Bertz CT molecular complexity index is 389. The molecule has 0 atom stereocenters. The topological polar surface area (TPSA) is 37.4 Å². The first-order valence-corrected chi connectivity index (χ1v) is 7.24. The Hall–Kier alpha value is -1.29. The van der Waals surface area contributed by atoms with Gasteiger partial charge in [-0.3, -0.25) is 0 Å². The van der Waals surface area contributed by atoms with Gasteiger partial charge in [-0.05, 0) is 51.8 Å². The highest BCUT2D eigenvalue weighted by atomic mass is 16.5. The van der Waals surface area contributed by atoms with Crippen molar-refractivity contribution in [3.05, 3.63) is 18.3 Å². The second-order valence-corrected chi connectivity index (χ2v) is 5.16. The molecule has 106 valence electrons. The summed E-state index contributed by atoms with van der Waals surface area (Å²) in [5.74, 6) is 1.86. The Morgan fingerprint density at radius 3 is 2.74 bits per heavy atom. The second-order valence-electron chi connectivity index (χ2n) is 5.16. The fraction of sp³-hybridized carbons (Fsp3) is 0.667. The second kappa shape index (κ2) is 6.75. The summed E-state index contributed by atoms with van der Waals surface area (Å²) in [5.41, 5.74) is 0. The van der Waals surface area contributed by atoms with E-state index in [1.165, 1.54) is 25.7 Å². The zero-order valence-electron chi connectivity index (χ0n) is 12.2. The molecule has 2 rings (SSSR count). The first kappa shape index (κ1) is 14.1. The molecule has 1 heterocycles. The number of ether oxygens (including phenoxy) is 1. The minimum absolute atomic E-state index is 0.568. The van der Waals surface area contributed by atoms with E-state index < -0.39 is 0 Å². The third-order valence-electron chi connectivity index (χ3n) is 4.04. The molecule has 0 spiro atoms. The van der Waals surface area contributed by atoms with E-state index in [1.807, 2.05) is 25.3 Å². The number of hydrogen-bond donors (Lipinski definition) is 1. The average Bonchev–Trinajstić information content (AvgIpc) is 2.47. The lowest BCUT2D eigenvalue weighted by Crippen LogP contribution is -2.40. The van der Waals surface area contributed by atoms with Gasteiger partial charge in [0.25, 0.3) is 0 Å². The van der Waals surface area contributed by atoms with Gasteiger partial charge in [0, 0.05) is 25.3 Å². The van der Waals surface area contributed by atoms with E-state index in [1.54, 1.807) is 0 Å². The van der Waals surface area contributed by atoms with Crippen LogP contribution in [0.4, 0.5) is 5.82 Å². The SMILES string of the molecule is CCOc1cccnc1N(C)C1CCC(NC)CC1. The Balaban J connectivity index is 2.05. The summed E-state index contributed by atoms with van der Waals surface area (Å²) in [7, 11) is 4.19. The van der Waals surface area contributed by atoms with Crippen molar-refractivity contribution in [2.24, 2.45) is 0 Å².